The molecule has 1 aromatic heterocycles. The van der Waals surface area contributed by atoms with Crippen LogP contribution in [0, 0.1) is 12.3 Å². The van der Waals surface area contributed by atoms with Gasteiger partial charge in [0.15, 0.2) is 0 Å². The molecule has 0 atom stereocenters. The highest BCUT2D eigenvalue weighted by Gasteiger charge is 2.31. The van der Waals surface area contributed by atoms with Crippen LogP contribution in [0.25, 0.3) is 0 Å². The standard InChI is InChI=1S/C14H21NOS/c1-12-6-5-7-13(16)15(12)10-14(11-17)8-3-2-4-9-14/h5-7,17H,2-4,8-11H2,1H3. The lowest BCUT2D eigenvalue weighted by Crippen LogP contribution is -2.36. The second kappa shape index (κ2) is 5.30. The van der Waals surface area contributed by atoms with Crippen LogP contribution in [0.15, 0.2) is 23.0 Å². The number of aromatic nitrogens is 1. The maximum Gasteiger partial charge on any atom is 0.250 e. The zero-order valence-electron chi connectivity index (χ0n) is 10.5. The van der Waals surface area contributed by atoms with Gasteiger partial charge in [0.1, 0.15) is 0 Å². The largest absolute Gasteiger partial charge is 0.312 e. The minimum absolute atomic E-state index is 0.122. The Hall–Kier alpha value is -0.700. The molecule has 1 fully saturated rings. The Balaban J connectivity index is 2.26. The molecular weight excluding hydrogens is 230 g/mol. The Morgan fingerprint density at radius 2 is 2.00 bits per heavy atom. The van der Waals surface area contributed by atoms with E-state index in [4.69, 9.17) is 0 Å². The van der Waals surface area contributed by atoms with Crippen molar-refractivity contribution in [1.82, 2.24) is 4.57 Å². The van der Waals surface area contributed by atoms with E-state index in [1.54, 1.807) is 6.07 Å². The van der Waals surface area contributed by atoms with Crippen molar-refractivity contribution in [2.75, 3.05) is 5.75 Å². The SMILES string of the molecule is Cc1cccc(=O)n1CC1(CS)CCCCC1. The minimum Gasteiger partial charge on any atom is -0.312 e. The van der Waals surface area contributed by atoms with Gasteiger partial charge < -0.3 is 4.57 Å². The molecule has 0 radical (unpaired) electrons. The monoisotopic (exact) mass is 251 g/mol. The highest BCUT2D eigenvalue weighted by atomic mass is 32.1. The van der Waals surface area contributed by atoms with Crippen LogP contribution in [0.4, 0.5) is 0 Å². The van der Waals surface area contributed by atoms with Crippen molar-refractivity contribution >= 4 is 12.6 Å². The highest BCUT2D eigenvalue weighted by Crippen LogP contribution is 2.38. The van der Waals surface area contributed by atoms with Crippen LogP contribution in [0.2, 0.25) is 0 Å². The van der Waals surface area contributed by atoms with Gasteiger partial charge in [-0.2, -0.15) is 12.6 Å². The third-order valence-electron chi connectivity index (χ3n) is 4.01. The number of thiol groups is 1. The average Bonchev–Trinajstić information content (AvgIpc) is 2.35. The first kappa shape index (κ1) is 12.7. The summed E-state index contributed by atoms with van der Waals surface area (Å²) in [5.74, 6) is 0.883. The molecule has 0 unspecified atom stereocenters. The second-order valence-electron chi connectivity index (χ2n) is 5.31. The molecule has 1 saturated carbocycles. The summed E-state index contributed by atoms with van der Waals surface area (Å²) in [6, 6.07) is 5.50. The number of pyridine rings is 1. The fourth-order valence-electron chi connectivity index (χ4n) is 2.83. The van der Waals surface area contributed by atoms with Gasteiger partial charge in [0.05, 0.1) is 0 Å². The van der Waals surface area contributed by atoms with Crippen molar-refractivity contribution in [3.8, 4) is 0 Å². The Labute approximate surface area is 108 Å². The Morgan fingerprint density at radius 3 is 2.59 bits per heavy atom. The van der Waals surface area contributed by atoms with Crippen LogP contribution in [0.3, 0.4) is 0 Å². The molecule has 1 aromatic rings. The van der Waals surface area contributed by atoms with Crippen LogP contribution in [0.1, 0.15) is 37.8 Å². The maximum atomic E-state index is 11.9. The zero-order chi connectivity index (χ0) is 12.3. The lowest BCUT2D eigenvalue weighted by Gasteiger charge is -2.37. The molecule has 0 amide bonds. The van der Waals surface area contributed by atoms with Crippen LogP contribution in [-0.4, -0.2) is 10.3 Å². The lowest BCUT2D eigenvalue weighted by molar-refractivity contribution is 0.186. The molecule has 1 aliphatic carbocycles. The number of hydrogen-bond donors (Lipinski definition) is 1. The Kier molecular flexibility index (Phi) is 3.97. The fraction of sp³-hybridized carbons (Fsp3) is 0.643. The third-order valence-corrected chi connectivity index (χ3v) is 4.68. The molecule has 17 heavy (non-hydrogen) atoms. The van der Waals surface area contributed by atoms with Crippen molar-refractivity contribution in [3.05, 3.63) is 34.2 Å². The molecule has 0 N–H and O–H groups in total. The van der Waals surface area contributed by atoms with Crippen molar-refractivity contribution < 1.29 is 0 Å². The van der Waals surface area contributed by atoms with Gasteiger partial charge in [-0.3, -0.25) is 4.79 Å². The van der Waals surface area contributed by atoms with Crippen molar-refractivity contribution in [2.24, 2.45) is 5.41 Å². The number of aryl methyl sites for hydroxylation is 1. The van der Waals surface area contributed by atoms with Gasteiger partial charge >= 0.3 is 0 Å². The molecule has 3 heteroatoms. The van der Waals surface area contributed by atoms with E-state index in [1.807, 2.05) is 23.6 Å². The molecule has 94 valence electrons. The van der Waals surface area contributed by atoms with Crippen molar-refractivity contribution in [3.63, 3.8) is 0 Å². The van der Waals surface area contributed by atoms with Crippen LogP contribution in [-0.2, 0) is 6.54 Å². The van der Waals surface area contributed by atoms with E-state index in [-0.39, 0.29) is 11.0 Å². The molecule has 0 bridgehead atoms. The first-order valence-electron chi connectivity index (χ1n) is 6.44. The van der Waals surface area contributed by atoms with Crippen LogP contribution in [0.5, 0.6) is 0 Å². The molecule has 0 spiro atoms. The smallest absolute Gasteiger partial charge is 0.250 e. The minimum atomic E-state index is 0.122. The summed E-state index contributed by atoms with van der Waals surface area (Å²) in [5.41, 5.74) is 1.41. The summed E-state index contributed by atoms with van der Waals surface area (Å²) in [4.78, 5) is 11.9. The summed E-state index contributed by atoms with van der Waals surface area (Å²) < 4.78 is 1.92. The summed E-state index contributed by atoms with van der Waals surface area (Å²) in [7, 11) is 0. The van der Waals surface area contributed by atoms with Gasteiger partial charge in [-0.15, -0.1) is 0 Å². The Bertz CT molecular complexity index is 432. The average molecular weight is 251 g/mol. The number of rotatable bonds is 3. The highest BCUT2D eigenvalue weighted by molar-refractivity contribution is 7.80. The maximum absolute atomic E-state index is 11.9. The summed E-state index contributed by atoms with van der Waals surface area (Å²) in [6.07, 6.45) is 6.30. The van der Waals surface area contributed by atoms with Gasteiger partial charge in [0.2, 0.25) is 0 Å². The van der Waals surface area contributed by atoms with Gasteiger partial charge in [-0.25, -0.2) is 0 Å². The van der Waals surface area contributed by atoms with E-state index < -0.39 is 0 Å². The van der Waals surface area contributed by atoms with E-state index in [0.717, 1.165) is 18.0 Å². The van der Waals surface area contributed by atoms with Gasteiger partial charge in [-0.1, -0.05) is 25.3 Å². The summed E-state index contributed by atoms with van der Waals surface area (Å²) >= 11 is 4.53. The predicted molar refractivity (Wildman–Crippen MR) is 74.8 cm³/mol. The van der Waals surface area contributed by atoms with Gasteiger partial charge in [0, 0.05) is 18.3 Å². The molecule has 2 rings (SSSR count). The summed E-state index contributed by atoms with van der Waals surface area (Å²) in [5, 5.41) is 0. The quantitative estimate of drug-likeness (QED) is 0.820. The molecule has 1 heterocycles. The number of nitrogens with zero attached hydrogens (tertiary/aromatic N) is 1. The van der Waals surface area contributed by atoms with E-state index in [0.29, 0.717) is 0 Å². The Morgan fingerprint density at radius 1 is 1.29 bits per heavy atom. The molecule has 1 aliphatic rings. The summed E-state index contributed by atoms with van der Waals surface area (Å²) in [6.45, 7) is 2.85. The first-order chi connectivity index (χ1) is 8.17. The topological polar surface area (TPSA) is 22.0 Å². The zero-order valence-corrected chi connectivity index (χ0v) is 11.4. The van der Waals surface area contributed by atoms with Crippen molar-refractivity contribution in [2.45, 2.75) is 45.6 Å². The second-order valence-corrected chi connectivity index (χ2v) is 5.63. The van der Waals surface area contributed by atoms with Crippen LogP contribution >= 0.6 is 12.6 Å². The van der Waals surface area contributed by atoms with E-state index in [9.17, 15) is 4.79 Å². The van der Waals surface area contributed by atoms with E-state index in [1.165, 1.54) is 32.1 Å². The fourth-order valence-corrected chi connectivity index (χ4v) is 3.25. The molecule has 2 nitrogen and oxygen atoms in total. The molecule has 0 aromatic carbocycles. The molecule has 0 saturated heterocycles. The molecule has 0 aliphatic heterocycles. The molecular formula is C14H21NOS. The first-order valence-corrected chi connectivity index (χ1v) is 7.07. The third kappa shape index (κ3) is 2.76. The lowest BCUT2D eigenvalue weighted by atomic mass is 9.75. The van der Waals surface area contributed by atoms with Crippen LogP contribution < -0.4 is 5.56 Å². The van der Waals surface area contributed by atoms with Gasteiger partial charge in [0.25, 0.3) is 5.56 Å². The van der Waals surface area contributed by atoms with E-state index in [2.05, 4.69) is 12.6 Å². The number of hydrogen-bond acceptors (Lipinski definition) is 2. The van der Waals surface area contributed by atoms with E-state index >= 15 is 0 Å². The van der Waals surface area contributed by atoms with Gasteiger partial charge in [-0.05, 0) is 37.0 Å². The predicted octanol–water partition coefficient (Wildman–Crippen LogP) is 3.04. The van der Waals surface area contributed by atoms with Crippen molar-refractivity contribution in [1.29, 1.82) is 0 Å². The normalized spacial score (nSPS) is 19.2.